The SMILES string of the molecule is CN1C(C(F)(F)F)=CC(C(F)(F)F)=C(c2cccc3c(C[C@H](NC(=O)C4(C)CCC(N5CCOC[C@@H]5C(F)(F)F)CC4)C(=O)O)cccc23)C1O. The number of ether oxygens (including phenoxy) is 1. The Kier molecular flexibility index (Phi) is 10.5. The van der Waals surface area contributed by atoms with Crippen LogP contribution >= 0.6 is 0 Å². The number of fused-ring (bicyclic) bond motifs is 1. The highest BCUT2D eigenvalue weighted by atomic mass is 19.4. The molecule has 3 aliphatic rings. The van der Waals surface area contributed by atoms with E-state index in [9.17, 15) is 59.3 Å². The second-order valence-electron chi connectivity index (χ2n) is 13.4. The highest BCUT2D eigenvalue weighted by Gasteiger charge is 2.50. The molecule has 0 spiro atoms. The van der Waals surface area contributed by atoms with Crippen molar-refractivity contribution in [2.75, 3.05) is 26.8 Å². The van der Waals surface area contributed by atoms with Crippen molar-refractivity contribution < 1.29 is 64.1 Å². The Hall–Kier alpha value is -3.83. The van der Waals surface area contributed by atoms with E-state index < -0.39 is 83.6 Å². The van der Waals surface area contributed by atoms with E-state index in [-0.39, 0.29) is 78.1 Å². The number of morpholine rings is 1. The number of likely N-dealkylation sites (N-methyl/N-ethyl adjacent to an activating group) is 1. The Labute approximate surface area is 286 Å². The summed E-state index contributed by atoms with van der Waals surface area (Å²) in [5, 5.41) is 23.8. The van der Waals surface area contributed by atoms with Crippen molar-refractivity contribution in [2.24, 2.45) is 5.41 Å². The number of nitrogens with zero attached hydrogens (tertiary/aromatic N) is 2. The number of carboxylic acid groups (broad SMARTS) is 1. The third kappa shape index (κ3) is 7.84. The van der Waals surface area contributed by atoms with Gasteiger partial charge < -0.3 is 25.2 Å². The molecule has 17 heteroatoms. The second kappa shape index (κ2) is 14.0. The summed E-state index contributed by atoms with van der Waals surface area (Å²) < 4.78 is 129. The van der Waals surface area contributed by atoms with Crippen LogP contribution in [0.5, 0.6) is 0 Å². The molecular formula is C34H36F9N3O5. The Morgan fingerprint density at radius 3 is 2.20 bits per heavy atom. The maximum Gasteiger partial charge on any atom is 0.431 e. The van der Waals surface area contributed by atoms with Crippen LogP contribution in [0.4, 0.5) is 39.5 Å². The van der Waals surface area contributed by atoms with Gasteiger partial charge in [-0.1, -0.05) is 43.3 Å². The normalized spacial score (nSPS) is 26.2. The molecule has 0 bridgehead atoms. The number of rotatable bonds is 7. The number of aliphatic hydroxyl groups is 1. The van der Waals surface area contributed by atoms with Crippen LogP contribution < -0.4 is 5.32 Å². The van der Waals surface area contributed by atoms with Crippen LogP contribution in [0.25, 0.3) is 16.3 Å². The average molecular weight is 738 g/mol. The number of hydrogen-bond acceptors (Lipinski definition) is 6. The molecule has 51 heavy (non-hydrogen) atoms. The van der Waals surface area contributed by atoms with Crippen molar-refractivity contribution >= 4 is 28.2 Å². The number of carbonyl (C=O) groups excluding carboxylic acids is 1. The second-order valence-corrected chi connectivity index (χ2v) is 13.4. The smallest absolute Gasteiger partial charge is 0.431 e. The van der Waals surface area contributed by atoms with Gasteiger partial charge in [-0.25, -0.2) is 4.79 Å². The van der Waals surface area contributed by atoms with E-state index in [0.29, 0.717) is 0 Å². The van der Waals surface area contributed by atoms with E-state index in [1.165, 1.54) is 41.3 Å². The summed E-state index contributed by atoms with van der Waals surface area (Å²) in [7, 11) is 0.808. The molecule has 2 aromatic rings. The molecule has 280 valence electrons. The van der Waals surface area contributed by atoms with Crippen LogP contribution in [0.15, 0.2) is 53.7 Å². The summed E-state index contributed by atoms with van der Waals surface area (Å²) in [5.74, 6) is -2.05. The van der Waals surface area contributed by atoms with Crippen molar-refractivity contribution in [1.29, 1.82) is 0 Å². The number of nitrogens with one attached hydrogen (secondary N) is 1. The van der Waals surface area contributed by atoms with Crippen LogP contribution in [0.1, 0.15) is 43.7 Å². The number of halogens is 9. The molecule has 3 N–H and O–H groups in total. The minimum absolute atomic E-state index is 0.0651. The van der Waals surface area contributed by atoms with Crippen LogP contribution in [-0.2, 0) is 20.7 Å². The van der Waals surface area contributed by atoms with Crippen molar-refractivity contribution in [3.63, 3.8) is 0 Å². The molecule has 2 aromatic carbocycles. The standard InChI is InChI=1S/C34H36F9N3O5/c1-31(11-9-19(10-12-31)46-13-14-51-17-26(46)34(41,42)43)30(50)44-24(29(48)49)15-18-5-3-7-21-20(18)6-4-8-22(21)27-23(32(35,36)37)16-25(33(38,39)40)45(2)28(27)47/h3-8,16,19,24,26,28,47H,9-15,17H2,1-2H3,(H,44,50)(H,48,49)/t19?,24-,26+,28?,31?/m0/s1. The lowest BCUT2D eigenvalue weighted by Crippen LogP contribution is -2.58. The molecule has 0 aromatic heterocycles. The van der Waals surface area contributed by atoms with Gasteiger partial charge in [-0.05, 0) is 53.7 Å². The summed E-state index contributed by atoms with van der Waals surface area (Å²) >= 11 is 0. The maximum atomic E-state index is 14.2. The summed E-state index contributed by atoms with van der Waals surface area (Å²) in [4.78, 5) is 27.6. The van der Waals surface area contributed by atoms with Crippen molar-refractivity contribution in [3.8, 4) is 0 Å². The van der Waals surface area contributed by atoms with Crippen molar-refractivity contribution in [3.05, 3.63) is 64.9 Å². The molecule has 2 aliphatic heterocycles. The third-order valence-corrected chi connectivity index (χ3v) is 10.1. The minimum Gasteiger partial charge on any atom is -0.480 e. The van der Waals surface area contributed by atoms with E-state index in [0.717, 1.165) is 7.05 Å². The van der Waals surface area contributed by atoms with Gasteiger partial charge in [-0.2, -0.15) is 39.5 Å². The van der Waals surface area contributed by atoms with Crippen LogP contribution in [0.3, 0.4) is 0 Å². The molecule has 5 rings (SSSR count). The topological polar surface area (TPSA) is 102 Å². The molecule has 2 fully saturated rings. The molecule has 8 nitrogen and oxygen atoms in total. The van der Waals surface area contributed by atoms with Crippen molar-refractivity contribution in [2.45, 2.75) is 81.9 Å². The number of hydrogen-bond donors (Lipinski definition) is 3. The highest BCUT2D eigenvalue weighted by Crippen LogP contribution is 2.46. The number of alkyl halides is 9. The summed E-state index contributed by atoms with van der Waals surface area (Å²) in [6, 6.07) is 4.55. The number of aliphatic hydroxyl groups excluding tert-OH is 1. The zero-order valence-corrected chi connectivity index (χ0v) is 27.4. The van der Waals surface area contributed by atoms with Gasteiger partial charge in [0, 0.05) is 37.0 Å². The number of carboxylic acids is 1. The zero-order chi connectivity index (χ0) is 37.7. The first-order valence-corrected chi connectivity index (χ1v) is 16.1. The minimum atomic E-state index is -5.29. The molecule has 1 saturated carbocycles. The lowest BCUT2D eigenvalue weighted by molar-refractivity contribution is -0.221. The first-order valence-electron chi connectivity index (χ1n) is 16.1. The number of benzene rings is 2. The molecule has 1 unspecified atom stereocenters. The molecule has 1 saturated heterocycles. The van der Waals surface area contributed by atoms with Gasteiger partial charge >= 0.3 is 24.5 Å². The molecular weight excluding hydrogens is 701 g/mol. The van der Waals surface area contributed by atoms with Gasteiger partial charge in [0.15, 0.2) is 6.23 Å². The Morgan fingerprint density at radius 1 is 0.980 bits per heavy atom. The van der Waals surface area contributed by atoms with Gasteiger partial charge in [0.1, 0.15) is 17.8 Å². The van der Waals surface area contributed by atoms with Gasteiger partial charge in [-0.3, -0.25) is 9.69 Å². The van der Waals surface area contributed by atoms with E-state index in [2.05, 4.69) is 5.32 Å². The monoisotopic (exact) mass is 737 g/mol. The van der Waals surface area contributed by atoms with Gasteiger partial charge in [0.05, 0.1) is 18.8 Å². The van der Waals surface area contributed by atoms with E-state index in [1.807, 2.05) is 0 Å². The van der Waals surface area contributed by atoms with E-state index in [4.69, 9.17) is 4.74 Å². The van der Waals surface area contributed by atoms with Gasteiger partial charge in [-0.15, -0.1) is 0 Å². The predicted octanol–water partition coefficient (Wildman–Crippen LogP) is 6.19. The average Bonchev–Trinajstić information content (AvgIpc) is 3.04. The summed E-state index contributed by atoms with van der Waals surface area (Å²) in [6.45, 7) is 1.36. The lowest BCUT2D eigenvalue weighted by Gasteiger charge is -2.46. The Bertz CT molecular complexity index is 1710. The number of carbonyl (C=O) groups is 2. The number of aliphatic carboxylic acids is 1. The molecule has 0 radical (unpaired) electrons. The largest absolute Gasteiger partial charge is 0.480 e. The zero-order valence-electron chi connectivity index (χ0n) is 27.4. The summed E-state index contributed by atoms with van der Waals surface area (Å²) in [6.07, 6.45) is -16.8. The predicted molar refractivity (Wildman–Crippen MR) is 166 cm³/mol. The molecule has 1 amide bonds. The first-order chi connectivity index (χ1) is 23.6. The Balaban J connectivity index is 1.40. The molecule has 2 heterocycles. The Morgan fingerprint density at radius 2 is 1.61 bits per heavy atom. The lowest BCUT2D eigenvalue weighted by atomic mass is 9.72. The molecule has 1 aliphatic carbocycles. The number of allylic oxidation sites excluding steroid dienone is 3. The fourth-order valence-electron chi connectivity index (χ4n) is 7.26. The summed E-state index contributed by atoms with van der Waals surface area (Å²) in [5.41, 5.74) is -5.26. The van der Waals surface area contributed by atoms with Crippen LogP contribution in [0, 0.1) is 5.41 Å². The fourth-order valence-corrected chi connectivity index (χ4v) is 7.26. The van der Waals surface area contributed by atoms with Crippen LogP contribution in [-0.4, -0.2) is 102 Å². The highest BCUT2D eigenvalue weighted by molar-refractivity contribution is 5.98. The number of amides is 1. The van der Waals surface area contributed by atoms with E-state index in [1.54, 1.807) is 6.92 Å². The third-order valence-electron chi connectivity index (χ3n) is 10.1. The maximum absolute atomic E-state index is 14.2. The fraction of sp³-hybridized carbons (Fsp3) is 0.529. The molecule has 3 atom stereocenters. The van der Waals surface area contributed by atoms with E-state index >= 15 is 0 Å². The van der Waals surface area contributed by atoms with Gasteiger partial charge in [0.25, 0.3) is 0 Å². The van der Waals surface area contributed by atoms with Crippen molar-refractivity contribution in [1.82, 2.24) is 15.1 Å². The van der Waals surface area contributed by atoms with Gasteiger partial charge in [0.2, 0.25) is 5.91 Å². The first kappa shape index (κ1) is 38.4. The quantitative estimate of drug-likeness (QED) is 0.292. The van der Waals surface area contributed by atoms with Crippen LogP contribution in [0.2, 0.25) is 0 Å².